The number of benzene rings is 1. The molecule has 0 aromatic heterocycles. The molecular formula is C15H19N3O2. The zero-order chi connectivity index (χ0) is 15.1. The Morgan fingerprint density at radius 2 is 1.90 bits per heavy atom. The van der Waals surface area contributed by atoms with Gasteiger partial charge in [-0.3, -0.25) is 9.59 Å². The maximum Gasteiger partial charge on any atom is 0.244 e. The highest BCUT2D eigenvalue weighted by atomic mass is 16.2. The number of rotatable bonds is 6. The first-order chi connectivity index (χ1) is 9.45. The van der Waals surface area contributed by atoms with Gasteiger partial charge in [-0.25, -0.2) is 0 Å². The lowest BCUT2D eigenvalue weighted by atomic mass is 9.98. The molecule has 0 aliphatic rings. The van der Waals surface area contributed by atoms with E-state index in [1.165, 1.54) is 4.90 Å². The molecule has 1 unspecified atom stereocenters. The van der Waals surface area contributed by atoms with Crippen molar-refractivity contribution in [2.24, 2.45) is 11.7 Å². The molecule has 0 fully saturated rings. The molecule has 1 rings (SSSR count). The summed E-state index contributed by atoms with van der Waals surface area (Å²) in [6, 6.07) is 10.8. The molecule has 0 aliphatic carbocycles. The number of carbonyl (C=O) groups is 2. The van der Waals surface area contributed by atoms with E-state index in [-0.39, 0.29) is 18.4 Å². The standard InChI is InChI=1S/C15H19N3O2/c1-11(2)9-18(10-14(17)19)15(20)13(8-16)12-6-4-3-5-7-12/h3-7,11,13H,9-10H2,1-2H3,(H2,17,19). The minimum Gasteiger partial charge on any atom is -0.368 e. The zero-order valence-corrected chi connectivity index (χ0v) is 11.7. The van der Waals surface area contributed by atoms with Gasteiger partial charge in [0.25, 0.3) is 0 Å². The van der Waals surface area contributed by atoms with Crippen molar-refractivity contribution in [1.82, 2.24) is 4.90 Å². The van der Waals surface area contributed by atoms with E-state index < -0.39 is 11.8 Å². The number of hydrogen-bond donors (Lipinski definition) is 1. The van der Waals surface area contributed by atoms with Gasteiger partial charge in [0.15, 0.2) is 0 Å². The van der Waals surface area contributed by atoms with Crippen molar-refractivity contribution < 1.29 is 9.59 Å². The first-order valence-electron chi connectivity index (χ1n) is 6.47. The van der Waals surface area contributed by atoms with Gasteiger partial charge in [0, 0.05) is 6.54 Å². The monoisotopic (exact) mass is 273 g/mol. The van der Waals surface area contributed by atoms with E-state index in [0.29, 0.717) is 12.1 Å². The molecule has 5 nitrogen and oxygen atoms in total. The zero-order valence-electron chi connectivity index (χ0n) is 11.7. The molecular weight excluding hydrogens is 254 g/mol. The van der Waals surface area contributed by atoms with Crippen molar-refractivity contribution in [3.63, 3.8) is 0 Å². The number of hydrogen-bond acceptors (Lipinski definition) is 3. The second-order valence-corrected chi connectivity index (χ2v) is 5.05. The summed E-state index contributed by atoms with van der Waals surface area (Å²) in [6.07, 6.45) is 0. The number of primary amides is 1. The predicted molar refractivity (Wildman–Crippen MR) is 75.4 cm³/mol. The molecule has 0 radical (unpaired) electrons. The van der Waals surface area contributed by atoms with Gasteiger partial charge in [0.2, 0.25) is 11.8 Å². The minimum atomic E-state index is -0.908. The first-order valence-corrected chi connectivity index (χ1v) is 6.47. The van der Waals surface area contributed by atoms with Crippen molar-refractivity contribution in [2.45, 2.75) is 19.8 Å². The first kappa shape index (κ1) is 15.7. The van der Waals surface area contributed by atoms with Gasteiger partial charge >= 0.3 is 0 Å². The van der Waals surface area contributed by atoms with E-state index in [4.69, 9.17) is 5.73 Å². The molecule has 0 saturated carbocycles. The van der Waals surface area contributed by atoms with Crippen LogP contribution in [-0.2, 0) is 9.59 Å². The summed E-state index contributed by atoms with van der Waals surface area (Å²) in [5.41, 5.74) is 5.79. The molecule has 2 N–H and O–H groups in total. The SMILES string of the molecule is CC(C)CN(CC(N)=O)C(=O)C(C#N)c1ccccc1. The fourth-order valence-corrected chi connectivity index (χ4v) is 1.96. The lowest BCUT2D eigenvalue weighted by Crippen LogP contribution is -2.42. The average Bonchev–Trinajstić information content (AvgIpc) is 2.39. The van der Waals surface area contributed by atoms with E-state index in [0.717, 1.165) is 0 Å². The number of carbonyl (C=O) groups excluding carboxylic acids is 2. The van der Waals surface area contributed by atoms with Crippen molar-refractivity contribution >= 4 is 11.8 Å². The van der Waals surface area contributed by atoms with Gasteiger partial charge in [-0.2, -0.15) is 5.26 Å². The van der Waals surface area contributed by atoms with E-state index >= 15 is 0 Å². The van der Waals surface area contributed by atoms with Gasteiger partial charge in [-0.1, -0.05) is 44.2 Å². The highest BCUT2D eigenvalue weighted by Gasteiger charge is 2.27. The summed E-state index contributed by atoms with van der Waals surface area (Å²) in [6.45, 7) is 4.10. The molecule has 0 aliphatic heterocycles. The van der Waals surface area contributed by atoms with E-state index in [2.05, 4.69) is 0 Å². The second kappa shape index (κ2) is 7.29. The largest absolute Gasteiger partial charge is 0.368 e. The predicted octanol–water partition coefficient (Wildman–Crippen LogP) is 1.26. The van der Waals surface area contributed by atoms with Crippen LogP contribution in [0.1, 0.15) is 25.3 Å². The summed E-state index contributed by atoms with van der Waals surface area (Å²) in [4.78, 5) is 24.9. The highest BCUT2D eigenvalue weighted by molar-refractivity contribution is 5.90. The lowest BCUT2D eigenvalue weighted by Gasteiger charge is -2.25. The molecule has 20 heavy (non-hydrogen) atoms. The molecule has 0 bridgehead atoms. The van der Waals surface area contributed by atoms with Crippen LogP contribution in [-0.4, -0.2) is 29.8 Å². The Balaban J connectivity index is 2.97. The Morgan fingerprint density at radius 3 is 2.35 bits per heavy atom. The second-order valence-electron chi connectivity index (χ2n) is 5.05. The summed E-state index contributed by atoms with van der Waals surface area (Å²) in [5.74, 6) is -1.68. The van der Waals surface area contributed by atoms with Crippen molar-refractivity contribution in [3.8, 4) is 6.07 Å². The van der Waals surface area contributed by atoms with Crippen LogP contribution in [0.3, 0.4) is 0 Å². The van der Waals surface area contributed by atoms with Gasteiger partial charge in [-0.05, 0) is 11.5 Å². The smallest absolute Gasteiger partial charge is 0.244 e. The summed E-state index contributed by atoms with van der Waals surface area (Å²) < 4.78 is 0. The van der Waals surface area contributed by atoms with Crippen LogP contribution in [0.15, 0.2) is 30.3 Å². The highest BCUT2D eigenvalue weighted by Crippen LogP contribution is 2.18. The quantitative estimate of drug-likeness (QED) is 0.846. The molecule has 106 valence electrons. The lowest BCUT2D eigenvalue weighted by molar-refractivity contribution is -0.136. The Labute approximate surface area is 119 Å². The van der Waals surface area contributed by atoms with E-state index in [1.54, 1.807) is 24.3 Å². The molecule has 1 aromatic rings. The molecule has 5 heteroatoms. The summed E-state index contributed by atoms with van der Waals surface area (Å²) >= 11 is 0. The van der Waals surface area contributed by atoms with Crippen LogP contribution >= 0.6 is 0 Å². The molecule has 2 amide bonds. The third kappa shape index (κ3) is 4.39. The molecule has 0 saturated heterocycles. The molecule has 1 aromatic carbocycles. The van der Waals surface area contributed by atoms with Crippen LogP contribution < -0.4 is 5.73 Å². The van der Waals surface area contributed by atoms with Crippen LogP contribution in [0.5, 0.6) is 0 Å². The van der Waals surface area contributed by atoms with Gasteiger partial charge in [0.05, 0.1) is 12.6 Å². The van der Waals surface area contributed by atoms with Crippen LogP contribution in [0.25, 0.3) is 0 Å². The number of amides is 2. The van der Waals surface area contributed by atoms with Gasteiger partial charge < -0.3 is 10.6 Å². The number of nitriles is 1. The van der Waals surface area contributed by atoms with Gasteiger partial charge in [-0.15, -0.1) is 0 Å². The van der Waals surface area contributed by atoms with Crippen LogP contribution in [0, 0.1) is 17.2 Å². The van der Waals surface area contributed by atoms with Crippen molar-refractivity contribution in [3.05, 3.63) is 35.9 Å². The minimum absolute atomic E-state index is 0.165. The molecule has 0 heterocycles. The normalized spacial score (nSPS) is 11.7. The van der Waals surface area contributed by atoms with E-state index in [9.17, 15) is 14.9 Å². The summed E-state index contributed by atoms with van der Waals surface area (Å²) in [7, 11) is 0. The Bertz CT molecular complexity index is 506. The van der Waals surface area contributed by atoms with Crippen LogP contribution in [0.4, 0.5) is 0 Å². The fourth-order valence-electron chi connectivity index (χ4n) is 1.96. The molecule has 0 spiro atoms. The summed E-state index contributed by atoms with van der Waals surface area (Å²) in [5, 5.41) is 9.25. The Morgan fingerprint density at radius 1 is 1.30 bits per heavy atom. The third-order valence-corrected chi connectivity index (χ3v) is 2.75. The van der Waals surface area contributed by atoms with Gasteiger partial charge in [0.1, 0.15) is 5.92 Å². The maximum absolute atomic E-state index is 12.4. The molecule has 1 atom stereocenters. The maximum atomic E-state index is 12.4. The Kier molecular flexibility index (Phi) is 5.73. The van der Waals surface area contributed by atoms with Crippen LogP contribution in [0.2, 0.25) is 0 Å². The third-order valence-electron chi connectivity index (χ3n) is 2.75. The number of nitrogens with two attached hydrogens (primary N) is 1. The van der Waals surface area contributed by atoms with E-state index in [1.807, 2.05) is 26.0 Å². The number of nitrogens with zero attached hydrogens (tertiary/aromatic N) is 2. The Hall–Kier alpha value is -2.35. The van der Waals surface area contributed by atoms with Crippen molar-refractivity contribution in [1.29, 1.82) is 5.26 Å². The topological polar surface area (TPSA) is 87.2 Å². The van der Waals surface area contributed by atoms with Crippen molar-refractivity contribution in [2.75, 3.05) is 13.1 Å². The average molecular weight is 273 g/mol. The fraction of sp³-hybridized carbons (Fsp3) is 0.400.